The van der Waals surface area contributed by atoms with Crippen molar-refractivity contribution in [2.75, 3.05) is 33.1 Å². The van der Waals surface area contributed by atoms with E-state index in [-0.39, 0.29) is 5.92 Å². The summed E-state index contributed by atoms with van der Waals surface area (Å²) in [5.41, 5.74) is 9.70. The molecular weight excluding hydrogens is 504 g/mol. The predicted molar refractivity (Wildman–Crippen MR) is 160 cm³/mol. The molecule has 0 aliphatic rings. The summed E-state index contributed by atoms with van der Waals surface area (Å²) in [5, 5.41) is 0. The number of rotatable bonds is 14. The highest BCUT2D eigenvalue weighted by molar-refractivity contribution is 7.98. The van der Waals surface area contributed by atoms with Crippen LogP contribution in [0.1, 0.15) is 39.4 Å². The lowest BCUT2D eigenvalue weighted by atomic mass is 9.90. The molecule has 4 rings (SSSR count). The van der Waals surface area contributed by atoms with Gasteiger partial charge in [-0.25, -0.2) is 0 Å². The number of carbonyl (C=O) groups excluding carboxylic acids is 1. The molecule has 6 heteroatoms. The van der Waals surface area contributed by atoms with Crippen molar-refractivity contribution in [2.45, 2.75) is 23.8 Å². The Labute approximate surface area is 235 Å². The van der Waals surface area contributed by atoms with Gasteiger partial charge in [-0.05, 0) is 59.7 Å². The summed E-state index contributed by atoms with van der Waals surface area (Å²) in [5.74, 6) is 0.867. The van der Waals surface area contributed by atoms with E-state index in [1.807, 2.05) is 0 Å². The van der Waals surface area contributed by atoms with Crippen LogP contribution in [-0.2, 0) is 6.54 Å². The van der Waals surface area contributed by atoms with E-state index in [0.29, 0.717) is 23.7 Å². The van der Waals surface area contributed by atoms with E-state index in [0.717, 1.165) is 26.1 Å². The number of methoxy groups -OCH3 is 1. The van der Waals surface area contributed by atoms with Gasteiger partial charge in [0.05, 0.1) is 13.7 Å². The molecule has 0 heterocycles. The summed E-state index contributed by atoms with van der Waals surface area (Å²) < 4.78 is 11.5. The van der Waals surface area contributed by atoms with E-state index in [4.69, 9.17) is 15.2 Å². The van der Waals surface area contributed by atoms with Gasteiger partial charge in [-0.3, -0.25) is 9.69 Å². The summed E-state index contributed by atoms with van der Waals surface area (Å²) in [6.45, 7) is 3.12. The largest absolute Gasteiger partial charge is 0.493 e. The van der Waals surface area contributed by atoms with Crippen molar-refractivity contribution in [1.82, 2.24) is 4.90 Å². The lowest BCUT2D eigenvalue weighted by Crippen LogP contribution is -2.30. The SMILES string of the molecule is COc1cc(C(N)=O)ccc1OCCCN(Cc1ccc(SC)cc1)CC(c1ccccc1)c1ccccc1. The zero-order valence-electron chi connectivity index (χ0n) is 22.6. The third-order valence-electron chi connectivity index (χ3n) is 6.73. The van der Waals surface area contributed by atoms with Crippen molar-refractivity contribution in [2.24, 2.45) is 5.73 Å². The Balaban J connectivity index is 1.49. The molecular formula is C33H36N2O3S. The number of nitrogens with two attached hydrogens (primary N) is 1. The Kier molecular flexibility index (Phi) is 10.5. The highest BCUT2D eigenvalue weighted by Gasteiger charge is 2.19. The Morgan fingerprint density at radius 1 is 0.872 bits per heavy atom. The van der Waals surface area contributed by atoms with Crippen LogP contribution in [0, 0.1) is 0 Å². The molecule has 0 aliphatic carbocycles. The molecule has 1 amide bonds. The number of nitrogens with zero attached hydrogens (tertiary/aromatic N) is 1. The maximum absolute atomic E-state index is 11.5. The molecule has 202 valence electrons. The molecule has 0 saturated heterocycles. The van der Waals surface area contributed by atoms with Crippen molar-refractivity contribution in [3.05, 3.63) is 125 Å². The number of benzene rings is 4. The lowest BCUT2D eigenvalue weighted by molar-refractivity contribution is 0.1000. The van der Waals surface area contributed by atoms with Crippen LogP contribution in [0.25, 0.3) is 0 Å². The zero-order valence-corrected chi connectivity index (χ0v) is 23.4. The van der Waals surface area contributed by atoms with Crippen molar-refractivity contribution in [3.63, 3.8) is 0 Å². The molecule has 0 aliphatic heterocycles. The van der Waals surface area contributed by atoms with Crippen LogP contribution in [0.5, 0.6) is 11.5 Å². The molecule has 4 aromatic rings. The summed E-state index contributed by atoms with van der Waals surface area (Å²) in [6, 6.07) is 35.3. The van der Waals surface area contributed by atoms with Crippen molar-refractivity contribution in [1.29, 1.82) is 0 Å². The fraction of sp³-hybridized carbons (Fsp3) is 0.242. The van der Waals surface area contributed by atoms with Gasteiger partial charge in [0.1, 0.15) is 0 Å². The molecule has 0 fully saturated rings. The normalized spacial score (nSPS) is 11.1. The zero-order chi connectivity index (χ0) is 27.5. The lowest BCUT2D eigenvalue weighted by Gasteiger charge is -2.28. The molecule has 0 saturated carbocycles. The van der Waals surface area contributed by atoms with Crippen molar-refractivity contribution < 1.29 is 14.3 Å². The highest BCUT2D eigenvalue weighted by Crippen LogP contribution is 2.29. The second-order valence-corrected chi connectivity index (χ2v) is 10.3. The number of primary amides is 1. The maximum Gasteiger partial charge on any atom is 0.248 e. The summed E-state index contributed by atoms with van der Waals surface area (Å²) in [4.78, 5) is 15.3. The topological polar surface area (TPSA) is 64.8 Å². The molecule has 0 bridgehead atoms. The quantitative estimate of drug-likeness (QED) is 0.144. The Morgan fingerprint density at radius 3 is 2.08 bits per heavy atom. The Bertz CT molecular complexity index is 1270. The van der Waals surface area contributed by atoms with Crippen LogP contribution in [0.4, 0.5) is 0 Å². The number of carbonyl (C=O) groups is 1. The van der Waals surface area contributed by atoms with E-state index in [1.165, 1.54) is 21.6 Å². The smallest absolute Gasteiger partial charge is 0.248 e. The number of amides is 1. The van der Waals surface area contributed by atoms with E-state index in [9.17, 15) is 4.79 Å². The summed E-state index contributed by atoms with van der Waals surface area (Å²) in [7, 11) is 1.56. The van der Waals surface area contributed by atoms with Gasteiger partial charge in [0.25, 0.3) is 0 Å². The molecule has 2 N–H and O–H groups in total. The van der Waals surface area contributed by atoms with Gasteiger partial charge in [-0.2, -0.15) is 0 Å². The van der Waals surface area contributed by atoms with Crippen LogP contribution in [0.3, 0.4) is 0 Å². The van der Waals surface area contributed by atoms with E-state index in [1.54, 1.807) is 37.1 Å². The summed E-state index contributed by atoms with van der Waals surface area (Å²) >= 11 is 1.76. The van der Waals surface area contributed by atoms with Crippen LogP contribution in [0.2, 0.25) is 0 Å². The molecule has 0 unspecified atom stereocenters. The first-order valence-corrected chi connectivity index (χ1v) is 14.4. The second kappa shape index (κ2) is 14.4. The minimum Gasteiger partial charge on any atom is -0.493 e. The average Bonchev–Trinajstić information content (AvgIpc) is 2.99. The first-order chi connectivity index (χ1) is 19.1. The molecule has 0 atom stereocenters. The fourth-order valence-corrected chi connectivity index (χ4v) is 5.07. The van der Waals surface area contributed by atoms with Crippen molar-refractivity contribution >= 4 is 17.7 Å². The fourth-order valence-electron chi connectivity index (χ4n) is 4.67. The standard InChI is InChI=1S/C33H36N2O3S/c1-37-32-22-28(33(34)36)16-19-31(32)38-21-9-20-35(23-25-14-17-29(39-2)18-15-25)24-30(26-10-5-3-6-11-26)27-12-7-4-8-13-27/h3-8,10-19,22,30H,9,20-21,23-24H2,1-2H3,(H2,34,36). The molecule has 0 aromatic heterocycles. The van der Waals surface area contributed by atoms with E-state index < -0.39 is 5.91 Å². The van der Waals surface area contributed by atoms with Gasteiger partial charge in [0.15, 0.2) is 11.5 Å². The van der Waals surface area contributed by atoms with Gasteiger partial charge >= 0.3 is 0 Å². The van der Waals surface area contributed by atoms with Crippen LogP contribution in [0.15, 0.2) is 108 Å². The second-order valence-electron chi connectivity index (χ2n) is 9.39. The number of ether oxygens (including phenoxy) is 2. The monoisotopic (exact) mass is 540 g/mol. The number of hydrogen-bond acceptors (Lipinski definition) is 5. The van der Waals surface area contributed by atoms with Gasteiger partial charge in [0.2, 0.25) is 5.91 Å². The Morgan fingerprint density at radius 2 is 1.51 bits per heavy atom. The van der Waals surface area contributed by atoms with Gasteiger partial charge < -0.3 is 15.2 Å². The van der Waals surface area contributed by atoms with Crippen LogP contribution in [-0.4, -0.2) is 43.9 Å². The van der Waals surface area contributed by atoms with E-state index >= 15 is 0 Å². The van der Waals surface area contributed by atoms with Crippen molar-refractivity contribution in [3.8, 4) is 11.5 Å². The van der Waals surface area contributed by atoms with Gasteiger partial charge in [-0.1, -0.05) is 72.8 Å². The third kappa shape index (κ3) is 8.12. The highest BCUT2D eigenvalue weighted by atomic mass is 32.2. The minimum atomic E-state index is -0.493. The number of hydrogen-bond donors (Lipinski definition) is 1. The summed E-state index contributed by atoms with van der Waals surface area (Å²) in [6.07, 6.45) is 2.93. The maximum atomic E-state index is 11.5. The first-order valence-electron chi connectivity index (χ1n) is 13.1. The van der Waals surface area contributed by atoms with Gasteiger partial charge in [-0.15, -0.1) is 11.8 Å². The molecule has 0 spiro atoms. The molecule has 39 heavy (non-hydrogen) atoms. The third-order valence-corrected chi connectivity index (χ3v) is 7.48. The average molecular weight is 541 g/mol. The predicted octanol–water partition coefficient (Wildman–Crippen LogP) is 6.62. The molecule has 5 nitrogen and oxygen atoms in total. The molecule has 0 radical (unpaired) electrons. The minimum absolute atomic E-state index is 0.250. The van der Waals surface area contributed by atoms with Gasteiger partial charge in [0, 0.05) is 36.0 Å². The number of thioether (sulfide) groups is 1. The molecule has 4 aromatic carbocycles. The van der Waals surface area contributed by atoms with E-state index in [2.05, 4.69) is 96.1 Å². The Hall–Kier alpha value is -3.74. The van der Waals surface area contributed by atoms with Crippen LogP contribution >= 0.6 is 11.8 Å². The van der Waals surface area contributed by atoms with Crippen LogP contribution < -0.4 is 15.2 Å². The first kappa shape index (κ1) is 28.3.